The lowest BCUT2D eigenvalue weighted by Crippen LogP contribution is -2.23. The molecule has 8 bridgehead atoms. The Bertz CT molecular complexity index is 1900. The molecule has 5 heterocycles. The van der Waals surface area contributed by atoms with Crippen LogP contribution in [0.5, 0.6) is 0 Å². The molecule has 0 aliphatic carbocycles. The standard InChI is InChI=1S/C56H90N8/c1-9-61(10-2)41-25-17-21-29-45-49-33-35-51(57-49)46(30-22-18-26-42-62(11-3)12-4)53-37-39-55(59-53)48(32-24-20-28-44-64(15-7)16-8)56-40-38-54(60-56)47(52-36-34-50(45)58-52)31-23-19-27-43-63(13-5)14-6/h33-40,57-58H,9-32,41-44H2,1-8H3. The number of nitrogens with zero attached hydrogens (tertiary/aromatic N) is 6. The first-order chi connectivity index (χ1) is 31.4. The lowest BCUT2D eigenvalue weighted by Gasteiger charge is -2.17. The molecule has 8 nitrogen and oxygen atoms in total. The molecule has 0 radical (unpaired) electrons. The minimum atomic E-state index is 0.985. The minimum absolute atomic E-state index is 0.985. The van der Waals surface area contributed by atoms with Gasteiger partial charge in [0.1, 0.15) is 0 Å². The molecule has 2 N–H and O–H groups in total. The zero-order valence-electron chi connectivity index (χ0n) is 42.1. The Hall–Kier alpha value is -3.56. The molecule has 0 unspecified atom stereocenters. The van der Waals surface area contributed by atoms with Crippen molar-refractivity contribution in [2.45, 2.75) is 158 Å². The van der Waals surface area contributed by atoms with E-state index in [-0.39, 0.29) is 0 Å². The third kappa shape index (κ3) is 15.3. The van der Waals surface area contributed by atoms with Crippen LogP contribution in [0.3, 0.4) is 0 Å². The summed E-state index contributed by atoms with van der Waals surface area (Å²) in [5.41, 5.74) is 14.7. The highest BCUT2D eigenvalue weighted by Crippen LogP contribution is 2.30. The Morgan fingerprint density at radius 2 is 0.562 bits per heavy atom. The summed E-state index contributed by atoms with van der Waals surface area (Å²) >= 11 is 0. The van der Waals surface area contributed by atoms with Crippen LogP contribution in [-0.4, -0.2) is 118 Å². The monoisotopic (exact) mass is 875 g/mol. The van der Waals surface area contributed by atoms with Crippen molar-refractivity contribution in [2.24, 2.45) is 0 Å². The molecule has 8 heteroatoms. The van der Waals surface area contributed by atoms with Gasteiger partial charge in [-0.05, 0) is 210 Å². The van der Waals surface area contributed by atoms with Crippen LogP contribution in [0.25, 0.3) is 46.4 Å². The molecule has 354 valence electrons. The molecule has 0 aromatic carbocycles. The van der Waals surface area contributed by atoms with Gasteiger partial charge in [-0.25, -0.2) is 9.97 Å². The van der Waals surface area contributed by atoms with Crippen LogP contribution in [0.1, 0.15) is 177 Å². The highest BCUT2D eigenvalue weighted by atomic mass is 15.1. The molecule has 0 fully saturated rings. The number of fused-ring (bicyclic) bond motifs is 8. The molecule has 0 amide bonds. The van der Waals surface area contributed by atoms with Crippen molar-refractivity contribution >= 4 is 46.4 Å². The molecule has 0 saturated carbocycles. The van der Waals surface area contributed by atoms with Crippen molar-refractivity contribution in [2.75, 3.05) is 78.5 Å². The number of nitrogens with one attached hydrogen (secondary N) is 2. The van der Waals surface area contributed by atoms with Crippen LogP contribution in [0.15, 0.2) is 24.3 Å². The first-order valence-electron chi connectivity index (χ1n) is 26.4. The zero-order valence-corrected chi connectivity index (χ0v) is 42.1. The molecule has 64 heavy (non-hydrogen) atoms. The van der Waals surface area contributed by atoms with Crippen molar-refractivity contribution in [1.82, 2.24) is 39.5 Å². The van der Waals surface area contributed by atoms with E-state index in [1.54, 1.807) is 0 Å². The largest absolute Gasteiger partial charge is 0.355 e. The first kappa shape index (κ1) is 51.4. The Kier molecular flexibility index (Phi) is 22.9. The summed E-state index contributed by atoms with van der Waals surface area (Å²) in [6, 6.07) is 9.39. The Balaban J connectivity index is 1.61. The Morgan fingerprint density at radius 3 is 0.859 bits per heavy atom. The van der Waals surface area contributed by atoms with E-state index in [0.717, 1.165) is 120 Å². The van der Waals surface area contributed by atoms with Crippen LogP contribution >= 0.6 is 0 Å². The molecule has 5 rings (SSSR count). The van der Waals surface area contributed by atoms with E-state index >= 15 is 0 Å². The molecule has 2 aliphatic rings. The Morgan fingerprint density at radius 1 is 0.312 bits per heavy atom. The van der Waals surface area contributed by atoms with Gasteiger partial charge in [-0.3, -0.25) is 0 Å². The van der Waals surface area contributed by atoms with Gasteiger partial charge in [0.05, 0.1) is 22.8 Å². The highest BCUT2D eigenvalue weighted by molar-refractivity contribution is 5.83. The first-order valence-corrected chi connectivity index (χ1v) is 26.4. The number of H-pyrrole nitrogens is 2. The minimum Gasteiger partial charge on any atom is -0.355 e. The zero-order chi connectivity index (χ0) is 45.5. The topological polar surface area (TPSA) is 70.3 Å². The van der Waals surface area contributed by atoms with E-state index in [1.165, 1.54) is 128 Å². The quantitative estimate of drug-likeness (QED) is 0.0420. The van der Waals surface area contributed by atoms with Crippen molar-refractivity contribution < 1.29 is 0 Å². The summed E-state index contributed by atoms with van der Waals surface area (Å²) in [4.78, 5) is 29.3. The van der Waals surface area contributed by atoms with Crippen LogP contribution in [-0.2, 0) is 25.7 Å². The average molecular weight is 875 g/mol. The fraction of sp³-hybridized carbons (Fsp3) is 0.643. The van der Waals surface area contributed by atoms with E-state index in [1.807, 2.05) is 0 Å². The van der Waals surface area contributed by atoms with Crippen molar-refractivity contribution in [3.05, 3.63) is 69.3 Å². The number of hydrogen-bond acceptors (Lipinski definition) is 6. The van der Waals surface area contributed by atoms with Gasteiger partial charge in [0.15, 0.2) is 0 Å². The van der Waals surface area contributed by atoms with Crippen LogP contribution < -0.4 is 0 Å². The van der Waals surface area contributed by atoms with Gasteiger partial charge in [0, 0.05) is 38.8 Å². The van der Waals surface area contributed by atoms with E-state index < -0.39 is 0 Å². The van der Waals surface area contributed by atoms with Crippen molar-refractivity contribution in [1.29, 1.82) is 0 Å². The second kappa shape index (κ2) is 28.5. The second-order valence-electron chi connectivity index (χ2n) is 18.3. The van der Waals surface area contributed by atoms with E-state index in [0.29, 0.717) is 0 Å². The van der Waals surface area contributed by atoms with Crippen LogP contribution in [0.4, 0.5) is 0 Å². The maximum Gasteiger partial charge on any atom is 0.0691 e. The van der Waals surface area contributed by atoms with Gasteiger partial charge in [0.2, 0.25) is 0 Å². The van der Waals surface area contributed by atoms with Gasteiger partial charge in [0.25, 0.3) is 0 Å². The third-order valence-corrected chi connectivity index (χ3v) is 14.4. The normalized spacial score (nSPS) is 12.7. The summed E-state index contributed by atoms with van der Waals surface area (Å²) in [5.74, 6) is 0. The maximum atomic E-state index is 5.54. The summed E-state index contributed by atoms with van der Waals surface area (Å²) in [5, 5.41) is 0. The van der Waals surface area contributed by atoms with Gasteiger partial charge in [-0.15, -0.1) is 0 Å². The summed E-state index contributed by atoms with van der Waals surface area (Å²) in [6.45, 7) is 32.0. The number of unbranched alkanes of at least 4 members (excludes halogenated alkanes) is 8. The predicted octanol–water partition coefficient (Wildman–Crippen LogP) is 12.9. The number of rotatable bonds is 32. The lowest BCUT2D eigenvalue weighted by molar-refractivity contribution is 0.296. The van der Waals surface area contributed by atoms with E-state index in [2.05, 4.69) is 134 Å². The summed E-state index contributed by atoms with van der Waals surface area (Å²) in [7, 11) is 0. The number of hydrogen-bond donors (Lipinski definition) is 2. The van der Waals surface area contributed by atoms with E-state index in [9.17, 15) is 0 Å². The molecule has 2 aliphatic heterocycles. The smallest absolute Gasteiger partial charge is 0.0691 e. The SMILES string of the molecule is CCN(CC)CCCCCc1c2nc(c(CCCCCN(CC)CC)c3ccc([nH]3)c(CCCCCN(CC)CC)c3ccc([nH]3)c(CCCCCN(CC)CC)c3nc1C=C3)C=C2. The molecule has 0 saturated heterocycles. The molecule has 0 spiro atoms. The van der Waals surface area contributed by atoms with Gasteiger partial charge >= 0.3 is 0 Å². The number of aryl methyl sites for hydroxylation is 3. The van der Waals surface area contributed by atoms with Gasteiger partial charge in [-0.2, -0.15) is 0 Å². The molecular weight excluding hydrogens is 785 g/mol. The van der Waals surface area contributed by atoms with Gasteiger partial charge < -0.3 is 29.6 Å². The van der Waals surface area contributed by atoms with E-state index in [4.69, 9.17) is 9.97 Å². The highest BCUT2D eigenvalue weighted by Gasteiger charge is 2.17. The van der Waals surface area contributed by atoms with Gasteiger partial charge in [-0.1, -0.05) is 81.1 Å². The van der Waals surface area contributed by atoms with Crippen LogP contribution in [0.2, 0.25) is 0 Å². The fourth-order valence-electron chi connectivity index (χ4n) is 9.91. The lowest BCUT2D eigenvalue weighted by atomic mass is 10.0. The maximum absolute atomic E-state index is 5.54. The van der Waals surface area contributed by atoms with Crippen LogP contribution in [0, 0.1) is 0 Å². The van der Waals surface area contributed by atoms with Crippen molar-refractivity contribution in [3.63, 3.8) is 0 Å². The number of aromatic nitrogens is 4. The molecule has 0 atom stereocenters. The summed E-state index contributed by atoms with van der Waals surface area (Å²) in [6.07, 6.45) is 27.7. The Labute approximate surface area is 390 Å². The van der Waals surface area contributed by atoms with Crippen molar-refractivity contribution in [3.8, 4) is 0 Å². The molecule has 3 aromatic heterocycles. The molecule has 3 aromatic rings. The second-order valence-corrected chi connectivity index (χ2v) is 18.3. The molecular formula is C56H90N8. The third-order valence-electron chi connectivity index (χ3n) is 14.4. The fourth-order valence-corrected chi connectivity index (χ4v) is 9.91. The number of aromatic amines is 2. The predicted molar refractivity (Wildman–Crippen MR) is 280 cm³/mol. The summed E-state index contributed by atoms with van der Waals surface area (Å²) < 4.78 is 0. The average Bonchev–Trinajstić information content (AvgIpc) is 4.18.